The van der Waals surface area contributed by atoms with Crippen LogP contribution in [0.1, 0.15) is 27.0 Å². The highest BCUT2D eigenvalue weighted by Crippen LogP contribution is 2.29. The molecule has 2 aromatic carbocycles. The number of anilines is 1. The van der Waals surface area contributed by atoms with Crippen molar-refractivity contribution in [3.8, 4) is 17.0 Å². The number of hydrogen-bond donors (Lipinski definition) is 2. The molecule has 0 amide bonds. The minimum Gasteiger partial charge on any atom is -0.478 e. The summed E-state index contributed by atoms with van der Waals surface area (Å²) < 4.78 is 41.3. The van der Waals surface area contributed by atoms with Crippen LogP contribution >= 0.6 is 0 Å². The lowest BCUT2D eigenvalue weighted by Crippen LogP contribution is -2.17. The number of halogens is 3. The van der Waals surface area contributed by atoms with E-state index in [-0.39, 0.29) is 11.3 Å². The molecular weight excluding hydrogens is 397 g/mol. The van der Waals surface area contributed by atoms with Gasteiger partial charge < -0.3 is 15.2 Å². The lowest BCUT2D eigenvalue weighted by Gasteiger charge is -2.13. The van der Waals surface area contributed by atoms with Gasteiger partial charge in [-0.15, -0.1) is 13.2 Å². The number of rotatable bonds is 6. The fraction of sp³-hybridized carbons (Fsp3) is 0.182. The van der Waals surface area contributed by atoms with Crippen LogP contribution in [-0.2, 0) is 6.54 Å². The highest BCUT2D eigenvalue weighted by molar-refractivity contribution is 5.94. The number of benzene rings is 2. The van der Waals surface area contributed by atoms with E-state index in [1.165, 1.54) is 18.2 Å². The Morgan fingerprint density at radius 3 is 2.57 bits per heavy atom. The standard InChI is InChI=1S/C22H19F3N2O3/c1-13-6-7-19(18(8-13)21(28)29)26-11-15-9-14(2)20(27-12-15)16-4-3-5-17(10-16)30-22(23,24)25/h3-10,12,26H,11H2,1-2H3,(H,28,29). The van der Waals surface area contributed by atoms with Gasteiger partial charge in [0.15, 0.2) is 0 Å². The number of aromatic nitrogens is 1. The molecule has 0 aliphatic rings. The zero-order chi connectivity index (χ0) is 21.9. The van der Waals surface area contributed by atoms with Gasteiger partial charge in [-0.1, -0.05) is 29.8 Å². The molecule has 0 radical (unpaired) electrons. The maximum Gasteiger partial charge on any atom is 0.573 e. The summed E-state index contributed by atoms with van der Waals surface area (Å²) in [7, 11) is 0. The third kappa shape index (κ3) is 5.28. The van der Waals surface area contributed by atoms with Crippen molar-refractivity contribution >= 4 is 11.7 Å². The largest absolute Gasteiger partial charge is 0.573 e. The van der Waals surface area contributed by atoms with E-state index in [2.05, 4.69) is 15.0 Å². The van der Waals surface area contributed by atoms with Crippen molar-refractivity contribution in [3.63, 3.8) is 0 Å². The summed E-state index contributed by atoms with van der Waals surface area (Å²) in [6, 6.07) is 12.6. The van der Waals surface area contributed by atoms with E-state index in [4.69, 9.17) is 0 Å². The predicted molar refractivity (Wildman–Crippen MR) is 107 cm³/mol. The Morgan fingerprint density at radius 1 is 1.13 bits per heavy atom. The maximum atomic E-state index is 12.5. The number of alkyl halides is 3. The lowest BCUT2D eigenvalue weighted by molar-refractivity contribution is -0.274. The number of carboxylic acids is 1. The first-order valence-electron chi connectivity index (χ1n) is 9.02. The molecule has 1 aromatic heterocycles. The Bertz CT molecular complexity index is 1080. The van der Waals surface area contributed by atoms with E-state index in [0.717, 1.165) is 16.7 Å². The first-order valence-corrected chi connectivity index (χ1v) is 9.02. The first-order chi connectivity index (χ1) is 14.1. The number of nitrogens with zero attached hydrogens (tertiary/aromatic N) is 1. The average molecular weight is 416 g/mol. The SMILES string of the molecule is Cc1ccc(NCc2cnc(-c3cccc(OC(F)(F)F)c3)c(C)c2)c(C(=O)O)c1. The van der Waals surface area contributed by atoms with Gasteiger partial charge in [0.05, 0.1) is 11.3 Å². The summed E-state index contributed by atoms with van der Waals surface area (Å²) in [6.07, 6.45) is -3.16. The molecule has 0 fully saturated rings. The highest BCUT2D eigenvalue weighted by Gasteiger charge is 2.31. The van der Waals surface area contributed by atoms with Gasteiger partial charge in [-0.2, -0.15) is 0 Å². The molecule has 1 heterocycles. The third-order valence-corrected chi connectivity index (χ3v) is 4.36. The molecule has 3 rings (SSSR count). The van der Waals surface area contributed by atoms with E-state index >= 15 is 0 Å². The minimum absolute atomic E-state index is 0.179. The van der Waals surface area contributed by atoms with Crippen LogP contribution in [0.4, 0.5) is 18.9 Å². The molecular formula is C22H19F3N2O3. The Kier molecular flexibility index (Phi) is 5.96. The smallest absolute Gasteiger partial charge is 0.478 e. The molecule has 0 aliphatic heterocycles. The lowest BCUT2D eigenvalue weighted by atomic mass is 10.0. The summed E-state index contributed by atoms with van der Waals surface area (Å²) in [4.78, 5) is 15.8. The van der Waals surface area contributed by atoms with Crippen LogP contribution < -0.4 is 10.1 Å². The molecule has 30 heavy (non-hydrogen) atoms. The topological polar surface area (TPSA) is 71.5 Å². The van der Waals surface area contributed by atoms with Gasteiger partial charge >= 0.3 is 12.3 Å². The van der Waals surface area contributed by atoms with Gasteiger partial charge in [-0.3, -0.25) is 4.98 Å². The van der Waals surface area contributed by atoms with Gasteiger partial charge in [0.25, 0.3) is 0 Å². The van der Waals surface area contributed by atoms with Gasteiger partial charge in [-0.05, 0) is 49.2 Å². The summed E-state index contributed by atoms with van der Waals surface area (Å²) in [6.45, 7) is 3.96. The quantitative estimate of drug-likeness (QED) is 0.549. The van der Waals surface area contributed by atoms with Crippen molar-refractivity contribution in [2.75, 3.05) is 5.32 Å². The molecule has 0 saturated carbocycles. The number of nitrogens with one attached hydrogen (secondary N) is 1. The Labute approximate surface area is 171 Å². The summed E-state index contributed by atoms with van der Waals surface area (Å²) >= 11 is 0. The Morgan fingerprint density at radius 2 is 1.90 bits per heavy atom. The zero-order valence-electron chi connectivity index (χ0n) is 16.2. The summed E-state index contributed by atoms with van der Waals surface area (Å²) in [5.74, 6) is -1.33. The van der Waals surface area contributed by atoms with Gasteiger partial charge in [0, 0.05) is 24.0 Å². The van der Waals surface area contributed by atoms with Crippen molar-refractivity contribution in [2.24, 2.45) is 0 Å². The van der Waals surface area contributed by atoms with E-state index < -0.39 is 12.3 Å². The second-order valence-electron chi connectivity index (χ2n) is 6.79. The second-order valence-corrected chi connectivity index (χ2v) is 6.79. The number of carboxylic acid groups (broad SMARTS) is 1. The summed E-state index contributed by atoms with van der Waals surface area (Å²) in [5, 5.41) is 12.4. The fourth-order valence-corrected chi connectivity index (χ4v) is 3.06. The predicted octanol–water partition coefficient (Wildman–Crippen LogP) is 5.57. The van der Waals surface area contributed by atoms with E-state index in [0.29, 0.717) is 23.5 Å². The monoisotopic (exact) mass is 416 g/mol. The number of hydrogen-bond acceptors (Lipinski definition) is 4. The summed E-state index contributed by atoms with van der Waals surface area (Å²) in [5.41, 5.74) is 4.12. The van der Waals surface area contributed by atoms with Crippen LogP contribution in [0.3, 0.4) is 0 Å². The molecule has 5 nitrogen and oxygen atoms in total. The normalized spacial score (nSPS) is 11.2. The van der Waals surface area contributed by atoms with E-state index in [1.54, 1.807) is 31.3 Å². The third-order valence-electron chi connectivity index (χ3n) is 4.36. The molecule has 8 heteroatoms. The van der Waals surface area contributed by atoms with Crippen LogP contribution in [0.25, 0.3) is 11.3 Å². The molecule has 0 spiro atoms. The van der Waals surface area contributed by atoms with E-state index in [1.807, 2.05) is 19.1 Å². The molecule has 3 aromatic rings. The van der Waals surface area contributed by atoms with Crippen molar-refractivity contribution in [3.05, 3.63) is 77.0 Å². The Hall–Kier alpha value is -3.55. The number of ether oxygens (including phenoxy) is 1. The molecule has 2 N–H and O–H groups in total. The minimum atomic E-state index is -4.76. The van der Waals surface area contributed by atoms with Crippen LogP contribution in [-0.4, -0.2) is 22.4 Å². The van der Waals surface area contributed by atoms with Crippen LogP contribution in [0.15, 0.2) is 54.7 Å². The van der Waals surface area contributed by atoms with Crippen molar-refractivity contribution in [2.45, 2.75) is 26.8 Å². The van der Waals surface area contributed by atoms with Crippen molar-refractivity contribution < 1.29 is 27.8 Å². The van der Waals surface area contributed by atoms with Crippen molar-refractivity contribution in [1.82, 2.24) is 4.98 Å². The van der Waals surface area contributed by atoms with Crippen LogP contribution in [0.2, 0.25) is 0 Å². The van der Waals surface area contributed by atoms with Gasteiger partial charge in [0.2, 0.25) is 0 Å². The van der Waals surface area contributed by atoms with Gasteiger partial charge in [0.1, 0.15) is 5.75 Å². The molecule has 0 unspecified atom stereocenters. The number of aromatic carboxylic acids is 1. The second kappa shape index (κ2) is 8.44. The van der Waals surface area contributed by atoms with E-state index in [9.17, 15) is 23.1 Å². The first kappa shape index (κ1) is 21.2. The molecule has 156 valence electrons. The number of pyridine rings is 1. The van der Waals surface area contributed by atoms with Crippen LogP contribution in [0, 0.1) is 13.8 Å². The highest BCUT2D eigenvalue weighted by atomic mass is 19.4. The van der Waals surface area contributed by atoms with Gasteiger partial charge in [-0.25, -0.2) is 4.79 Å². The molecule has 0 aliphatic carbocycles. The fourth-order valence-electron chi connectivity index (χ4n) is 3.06. The Balaban J connectivity index is 1.78. The zero-order valence-corrected chi connectivity index (χ0v) is 16.2. The average Bonchev–Trinajstić information content (AvgIpc) is 2.66. The molecule has 0 atom stereocenters. The maximum absolute atomic E-state index is 12.5. The molecule has 0 bridgehead atoms. The van der Waals surface area contributed by atoms with Crippen molar-refractivity contribution in [1.29, 1.82) is 0 Å². The number of aryl methyl sites for hydroxylation is 2. The molecule has 0 saturated heterocycles. The van der Waals surface area contributed by atoms with Crippen LogP contribution in [0.5, 0.6) is 5.75 Å². The number of carbonyl (C=O) groups is 1.